The van der Waals surface area contributed by atoms with Crippen LogP contribution in [0, 0.1) is 12.8 Å². The first kappa shape index (κ1) is 15.8. The van der Waals surface area contributed by atoms with Crippen molar-refractivity contribution in [3.05, 3.63) is 64.7 Å². The Kier molecular flexibility index (Phi) is 4.80. The predicted molar refractivity (Wildman–Crippen MR) is 93.0 cm³/mol. The summed E-state index contributed by atoms with van der Waals surface area (Å²) in [6.07, 6.45) is 4.03. The maximum Gasteiger partial charge on any atom is 0.166 e. The molecular formula is C21H24O2. The highest BCUT2D eigenvalue weighted by Gasteiger charge is 2.26. The van der Waals surface area contributed by atoms with Crippen molar-refractivity contribution in [2.75, 3.05) is 0 Å². The molecule has 0 spiro atoms. The quantitative estimate of drug-likeness (QED) is 0.766. The minimum Gasteiger partial charge on any atom is -0.489 e. The number of carbonyl (C=O) groups is 1. The Morgan fingerprint density at radius 2 is 2.00 bits per heavy atom. The fourth-order valence-corrected chi connectivity index (χ4v) is 3.34. The molecule has 3 rings (SSSR count). The lowest BCUT2D eigenvalue weighted by molar-refractivity contribution is 0.0894. The van der Waals surface area contributed by atoms with Gasteiger partial charge in [0.05, 0.1) is 0 Å². The van der Waals surface area contributed by atoms with E-state index in [9.17, 15) is 4.79 Å². The number of hydrogen-bond donors (Lipinski definition) is 0. The van der Waals surface area contributed by atoms with Crippen LogP contribution in [0.2, 0.25) is 0 Å². The van der Waals surface area contributed by atoms with Crippen LogP contribution in [0.3, 0.4) is 0 Å². The number of Topliss-reactive ketones (excluding diaryl/α,β-unsaturated/α-hetero) is 1. The molecule has 0 saturated heterocycles. The van der Waals surface area contributed by atoms with Crippen molar-refractivity contribution >= 4 is 5.78 Å². The molecule has 1 atom stereocenters. The molecule has 2 heteroatoms. The van der Waals surface area contributed by atoms with E-state index >= 15 is 0 Å². The van der Waals surface area contributed by atoms with E-state index in [1.54, 1.807) is 0 Å². The van der Waals surface area contributed by atoms with E-state index in [1.807, 2.05) is 30.3 Å². The lowest BCUT2D eigenvalue weighted by atomic mass is 9.80. The normalized spacial score (nSPS) is 17.0. The molecule has 0 N–H and O–H groups in total. The molecule has 0 amide bonds. The Labute approximate surface area is 138 Å². The Morgan fingerprint density at radius 3 is 2.78 bits per heavy atom. The Morgan fingerprint density at radius 1 is 1.17 bits per heavy atom. The predicted octanol–water partition coefficient (Wildman–Crippen LogP) is 5.12. The van der Waals surface area contributed by atoms with Crippen molar-refractivity contribution in [2.24, 2.45) is 5.92 Å². The molecule has 2 aromatic carbocycles. The number of aryl methyl sites for hydroxylation is 2. The summed E-state index contributed by atoms with van der Waals surface area (Å²) in [5.41, 5.74) is 4.48. The molecule has 0 aliphatic heterocycles. The van der Waals surface area contributed by atoms with E-state index in [0.29, 0.717) is 12.4 Å². The Balaban J connectivity index is 1.72. The molecule has 120 valence electrons. The summed E-state index contributed by atoms with van der Waals surface area (Å²) in [6, 6.07) is 14.2. The van der Waals surface area contributed by atoms with Gasteiger partial charge in [0.2, 0.25) is 0 Å². The van der Waals surface area contributed by atoms with Gasteiger partial charge < -0.3 is 4.74 Å². The number of rotatable bonds is 5. The summed E-state index contributed by atoms with van der Waals surface area (Å²) in [7, 11) is 0. The third-order valence-corrected chi connectivity index (χ3v) is 4.77. The van der Waals surface area contributed by atoms with Gasteiger partial charge >= 0.3 is 0 Å². The fraction of sp³-hybridized carbons (Fsp3) is 0.381. The molecule has 23 heavy (non-hydrogen) atoms. The van der Waals surface area contributed by atoms with Crippen LogP contribution >= 0.6 is 0 Å². The van der Waals surface area contributed by atoms with E-state index in [-0.39, 0.29) is 5.92 Å². The molecule has 0 aromatic heterocycles. The van der Waals surface area contributed by atoms with Crippen LogP contribution in [-0.4, -0.2) is 5.78 Å². The first-order chi connectivity index (χ1) is 11.2. The average molecular weight is 308 g/mol. The zero-order chi connectivity index (χ0) is 16.2. The van der Waals surface area contributed by atoms with Crippen molar-refractivity contribution in [1.82, 2.24) is 0 Å². The number of ketones is 1. The van der Waals surface area contributed by atoms with Crippen LogP contribution in [0.15, 0.2) is 42.5 Å². The van der Waals surface area contributed by atoms with Crippen LogP contribution in [0.4, 0.5) is 0 Å². The number of fused-ring (bicyclic) bond motifs is 1. The summed E-state index contributed by atoms with van der Waals surface area (Å²) < 4.78 is 5.94. The first-order valence-electron chi connectivity index (χ1n) is 8.53. The van der Waals surface area contributed by atoms with E-state index in [1.165, 1.54) is 11.1 Å². The van der Waals surface area contributed by atoms with Gasteiger partial charge in [-0.3, -0.25) is 4.79 Å². The molecule has 0 radical (unpaired) electrons. The van der Waals surface area contributed by atoms with E-state index in [0.717, 1.165) is 42.6 Å². The lowest BCUT2D eigenvalue weighted by Crippen LogP contribution is -2.22. The fourth-order valence-electron chi connectivity index (χ4n) is 3.34. The van der Waals surface area contributed by atoms with Gasteiger partial charge in [0.15, 0.2) is 5.78 Å². The van der Waals surface area contributed by atoms with Gasteiger partial charge in [-0.05, 0) is 61.1 Å². The molecule has 1 aliphatic rings. The van der Waals surface area contributed by atoms with Crippen molar-refractivity contribution in [3.63, 3.8) is 0 Å². The zero-order valence-electron chi connectivity index (χ0n) is 14.0. The summed E-state index contributed by atoms with van der Waals surface area (Å²) in [5, 5.41) is 0. The van der Waals surface area contributed by atoms with Gasteiger partial charge in [0.25, 0.3) is 0 Å². The molecule has 1 unspecified atom stereocenters. The number of benzene rings is 2. The maximum atomic E-state index is 12.5. The van der Waals surface area contributed by atoms with Gasteiger partial charge in [0, 0.05) is 11.5 Å². The zero-order valence-corrected chi connectivity index (χ0v) is 14.0. The Hall–Kier alpha value is -2.09. The summed E-state index contributed by atoms with van der Waals surface area (Å²) >= 11 is 0. The van der Waals surface area contributed by atoms with Crippen LogP contribution in [-0.2, 0) is 13.0 Å². The summed E-state index contributed by atoms with van der Waals surface area (Å²) in [5.74, 6) is 1.39. The molecule has 1 aliphatic carbocycles. The van der Waals surface area contributed by atoms with Gasteiger partial charge in [-0.1, -0.05) is 37.6 Å². The van der Waals surface area contributed by atoms with E-state index < -0.39 is 0 Å². The lowest BCUT2D eigenvalue weighted by Gasteiger charge is -2.23. The molecule has 0 bridgehead atoms. The van der Waals surface area contributed by atoms with E-state index in [2.05, 4.69) is 26.0 Å². The first-order valence-corrected chi connectivity index (χ1v) is 8.53. The SMILES string of the molecule is CCCC1CCc2cc(OCc3ccccc3C)ccc2C1=O. The number of carbonyl (C=O) groups excluding carboxylic acids is 1. The van der Waals surface area contributed by atoms with Crippen LogP contribution in [0.5, 0.6) is 5.75 Å². The van der Waals surface area contributed by atoms with Crippen molar-refractivity contribution in [3.8, 4) is 5.75 Å². The van der Waals surface area contributed by atoms with Gasteiger partial charge in [-0.25, -0.2) is 0 Å². The van der Waals surface area contributed by atoms with Crippen molar-refractivity contribution in [2.45, 2.75) is 46.1 Å². The maximum absolute atomic E-state index is 12.5. The molecule has 2 aromatic rings. The van der Waals surface area contributed by atoms with Gasteiger partial charge in [-0.2, -0.15) is 0 Å². The topological polar surface area (TPSA) is 26.3 Å². The average Bonchev–Trinajstić information content (AvgIpc) is 2.57. The smallest absolute Gasteiger partial charge is 0.166 e. The van der Waals surface area contributed by atoms with Crippen molar-refractivity contribution < 1.29 is 9.53 Å². The summed E-state index contributed by atoms with van der Waals surface area (Å²) in [6.45, 7) is 4.81. The monoisotopic (exact) mass is 308 g/mol. The van der Waals surface area contributed by atoms with Crippen molar-refractivity contribution in [1.29, 1.82) is 0 Å². The van der Waals surface area contributed by atoms with Gasteiger partial charge in [-0.15, -0.1) is 0 Å². The molecule has 0 saturated carbocycles. The second-order valence-electron chi connectivity index (χ2n) is 6.42. The molecule has 0 fully saturated rings. The third kappa shape index (κ3) is 3.47. The summed E-state index contributed by atoms with van der Waals surface area (Å²) in [4.78, 5) is 12.5. The minimum atomic E-state index is 0.214. The third-order valence-electron chi connectivity index (χ3n) is 4.77. The second kappa shape index (κ2) is 6.99. The largest absolute Gasteiger partial charge is 0.489 e. The molecule has 2 nitrogen and oxygen atoms in total. The molecule has 0 heterocycles. The van der Waals surface area contributed by atoms with Gasteiger partial charge in [0.1, 0.15) is 12.4 Å². The minimum absolute atomic E-state index is 0.214. The van der Waals surface area contributed by atoms with Crippen LogP contribution in [0.25, 0.3) is 0 Å². The van der Waals surface area contributed by atoms with Crippen LogP contribution < -0.4 is 4.74 Å². The molecular weight excluding hydrogens is 284 g/mol. The Bertz CT molecular complexity index is 703. The van der Waals surface area contributed by atoms with E-state index in [4.69, 9.17) is 4.74 Å². The standard InChI is InChI=1S/C21H24O2/c1-3-6-16-9-10-17-13-19(11-12-20(17)21(16)22)23-14-18-8-5-4-7-15(18)2/h4-5,7-8,11-13,16H,3,6,9-10,14H2,1-2H3. The number of hydrogen-bond acceptors (Lipinski definition) is 2. The highest BCUT2D eigenvalue weighted by molar-refractivity contribution is 6.00. The second-order valence-corrected chi connectivity index (χ2v) is 6.42. The highest BCUT2D eigenvalue weighted by Crippen LogP contribution is 2.31. The highest BCUT2D eigenvalue weighted by atomic mass is 16.5. The van der Waals surface area contributed by atoms with Crippen LogP contribution in [0.1, 0.15) is 53.2 Å². The number of ether oxygens (including phenoxy) is 1.